The summed E-state index contributed by atoms with van der Waals surface area (Å²) in [6, 6.07) is 10.4. The maximum Gasteiger partial charge on any atom is 0.410 e. The topological polar surface area (TPSA) is 50.8 Å². The van der Waals surface area contributed by atoms with Gasteiger partial charge in [0.25, 0.3) is 0 Å². The number of rotatable bonds is 4. The average Bonchev–Trinajstić information content (AvgIpc) is 2.47. The van der Waals surface area contributed by atoms with Crippen LogP contribution in [0.2, 0.25) is 0 Å². The van der Waals surface area contributed by atoms with Crippen molar-refractivity contribution < 1.29 is 14.3 Å². The quantitative estimate of drug-likeness (QED) is 0.922. The minimum absolute atomic E-state index is 0.0322. The van der Waals surface area contributed by atoms with E-state index >= 15 is 0 Å². The predicted octanol–water partition coefficient (Wildman–Crippen LogP) is 3.51. The second-order valence-corrected chi connectivity index (χ2v) is 7.05. The second kappa shape index (κ2) is 7.68. The number of ether oxygens (including phenoxy) is 2. The summed E-state index contributed by atoms with van der Waals surface area (Å²) < 4.78 is 11.1. The number of hydrogen-bond acceptors (Lipinski definition) is 4. The van der Waals surface area contributed by atoms with Gasteiger partial charge in [0.15, 0.2) is 0 Å². The van der Waals surface area contributed by atoms with E-state index in [1.54, 1.807) is 4.90 Å². The third-order valence-corrected chi connectivity index (χ3v) is 3.67. The van der Waals surface area contributed by atoms with Crippen molar-refractivity contribution in [1.29, 1.82) is 0 Å². The van der Waals surface area contributed by atoms with E-state index in [-0.39, 0.29) is 18.2 Å². The molecule has 5 heteroatoms. The van der Waals surface area contributed by atoms with Gasteiger partial charge >= 0.3 is 6.09 Å². The Morgan fingerprint density at radius 1 is 1.39 bits per heavy atom. The number of nitrogens with zero attached hydrogens (tertiary/aromatic N) is 1. The Hall–Kier alpha value is -1.75. The molecule has 0 radical (unpaired) electrons. The molecule has 2 rings (SSSR count). The normalized spacial score (nSPS) is 20.0. The number of hydrogen-bond donors (Lipinski definition) is 1. The molecule has 1 saturated heterocycles. The van der Waals surface area contributed by atoms with Crippen molar-refractivity contribution in [2.45, 2.75) is 51.8 Å². The first-order valence-corrected chi connectivity index (χ1v) is 8.24. The number of anilines is 1. The summed E-state index contributed by atoms with van der Waals surface area (Å²) in [6.45, 7) is 9.49. The van der Waals surface area contributed by atoms with E-state index in [1.165, 1.54) is 0 Å². The minimum Gasteiger partial charge on any atom is -0.444 e. The van der Waals surface area contributed by atoms with E-state index in [1.807, 2.05) is 51.1 Å². The SMILES string of the molecule is CC(CC1COCCN1C(=O)OC(C)(C)C)Nc1ccccc1. The van der Waals surface area contributed by atoms with Gasteiger partial charge in [-0.25, -0.2) is 4.79 Å². The fraction of sp³-hybridized carbons (Fsp3) is 0.611. The van der Waals surface area contributed by atoms with Crippen molar-refractivity contribution in [2.24, 2.45) is 0 Å². The van der Waals surface area contributed by atoms with Gasteiger partial charge < -0.3 is 19.7 Å². The number of nitrogens with one attached hydrogen (secondary N) is 1. The fourth-order valence-corrected chi connectivity index (χ4v) is 2.70. The molecule has 1 aromatic rings. The van der Waals surface area contributed by atoms with Crippen LogP contribution < -0.4 is 5.32 Å². The van der Waals surface area contributed by atoms with Crippen molar-refractivity contribution in [3.05, 3.63) is 30.3 Å². The highest BCUT2D eigenvalue weighted by Crippen LogP contribution is 2.19. The van der Waals surface area contributed by atoms with Crippen LogP contribution in [-0.4, -0.2) is 48.4 Å². The molecule has 1 N–H and O–H groups in total. The van der Waals surface area contributed by atoms with E-state index in [0.717, 1.165) is 12.1 Å². The molecule has 0 aliphatic carbocycles. The van der Waals surface area contributed by atoms with Crippen LogP contribution >= 0.6 is 0 Å². The minimum atomic E-state index is -0.478. The molecule has 2 unspecified atom stereocenters. The van der Waals surface area contributed by atoms with Crippen LogP contribution in [0.4, 0.5) is 10.5 Å². The summed E-state index contributed by atoms with van der Waals surface area (Å²) >= 11 is 0. The molecule has 5 nitrogen and oxygen atoms in total. The molecule has 0 saturated carbocycles. The maximum atomic E-state index is 12.4. The van der Waals surface area contributed by atoms with E-state index in [0.29, 0.717) is 19.8 Å². The van der Waals surface area contributed by atoms with Crippen LogP contribution in [0.5, 0.6) is 0 Å². The van der Waals surface area contributed by atoms with Crippen LogP contribution in [0.1, 0.15) is 34.1 Å². The van der Waals surface area contributed by atoms with Crippen LogP contribution in [0.25, 0.3) is 0 Å². The van der Waals surface area contributed by atoms with Crippen LogP contribution in [0, 0.1) is 0 Å². The zero-order valence-corrected chi connectivity index (χ0v) is 14.5. The second-order valence-electron chi connectivity index (χ2n) is 7.05. The Balaban J connectivity index is 1.94. The third kappa shape index (κ3) is 5.75. The van der Waals surface area contributed by atoms with Gasteiger partial charge in [-0.15, -0.1) is 0 Å². The molecule has 1 amide bonds. The molecule has 0 aromatic heterocycles. The number of amides is 1. The summed E-state index contributed by atoms with van der Waals surface area (Å²) in [6.07, 6.45) is 0.562. The van der Waals surface area contributed by atoms with E-state index in [9.17, 15) is 4.79 Å². The Kier molecular flexibility index (Phi) is 5.88. The molecule has 1 aliphatic heterocycles. The van der Waals surface area contributed by atoms with Crippen molar-refractivity contribution >= 4 is 11.8 Å². The lowest BCUT2D eigenvalue weighted by Gasteiger charge is -2.37. The van der Waals surface area contributed by atoms with Gasteiger partial charge in [-0.05, 0) is 46.2 Å². The number of benzene rings is 1. The first-order valence-electron chi connectivity index (χ1n) is 8.24. The van der Waals surface area contributed by atoms with Crippen LogP contribution in [-0.2, 0) is 9.47 Å². The molecular formula is C18H28N2O3. The van der Waals surface area contributed by atoms with Crippen LogP contribution in [0.15, 0.2) is 30.3 Å². The molecular weight excluding hydrogens is 292 g/mol. The first kappa shape index (κ1) is 17.6. The van der Waals surface area contributed by atoms with Crippen molar-refractivity contribution in [3.8, 4) is 0 Å². The smallest absolute Gasteiger partial charge is 0.410 e. The van der Waals surface area contributed by atoms with Gasteiger partial charge in [-0.2, -0.15) is 0 Å². The molecule has 23 heavy (non-hydrogen) atoms. The lowest BCUT2D eigenvalue weighted by atomic mass is 10.1. The molecule has 1 fully saturated rings. The molecule has 2 atom stereocenters. The fourth-order valence-electron chi connectivity index (χ4n) is 2.70. The first-order chi connectivity index (χ1) is 10.8. The monoisotopic (exact) mass is 320 g/mol. The summed E-state index contributed by atoms with van der Waals surface area (Å²) in [5.41, 5.74) is 0.606. The molecule has 1 aliphatic rings. The van der Waals surface area contributed by atoms with Gasteiger partial charge in [-0.1, -0.05) is 18.2 Å². The zero-order valence-electron chi connectivity index (χ0n) is 14.5. The van der Waals surface area contributed by atoms with Crippen molar-refractivity contribution in [1.82, 2.24) is 4.90 Å². The standard InChI is InChI=1S/C18H28N2O3/c1-14(19-15-8-6-5-7-9-15)12-16-13-22-11-10-20(16)17(21)23-18(2,3)4/h5-9,14,16,19H,10-13H2,1-4H3. The third-order valence-electron chi connectivity index (χ3n) is 3.67. The number of carbonyl (C=O) groups excluding carboxylic acids is 1. The Morgan fingerprint density at radius 2 is 2.09 bits per heavy atom. The van der Waals surface area contributed by atoms with E-state index in [2.05, 4.69) is 12.2 Å². The highest BCUT2D eigenvalue weighted by Gasteiger charge is 2.31. The zero-order chi connectivity index (χ0) is 16.9. The largest absolute Gasteiger partial charge is 0.444 e. The van der Waals surface area contributed by atoms with E-state index < -0.39 is 5.60 Å². The summed E-state index contributed by atoms with van der Waals surface area (Å²) in [4.78, 5) is 14.2. The molecule has 0 spiro atoms. The van der Waals surface area contributed by atoms with Gasteiger partial charge in [0.2, 0.25) is 0 Å². The van der Waals surface area contributed by atoms with E-state index in [4.69, 9.17) is 9.47 Å². The summed E-state index contributed by atoms with van der Waals surface area (Å²) in [7, 11) is 0. The average molecular weight is 320 g/mol. The number of carbonyl (C=O) groups is 1. The highest BCUT2D eigenvalue weighted by atomic mass is 16.6. The maximum absolute atomic E-state index is 12.4. The van der Waals surface area contributed by atoms with Crippen LogP contribution in [0.3, 0.4) is 0 Å². The van der Waals surface area contributed by atoms with Crippen molar-refractivity contribution in [2.75, 3.05) is 25.1 Å². The Bertz CT molecular complexity index is 499. The molecule has 128 valence electrons. The molecule has 1 heterocycles. The molecule has 1 aromatic carbocycles. The van der Waals surface area contributed by atoms with Gasteiger partial charge in [0.1, 0.15) is 5.60 Å². The van der Waals surface area contributed by atoms with Gasteiger partial charge in [-0.3, -0.25) is 0 Å². The number of para-hydroxylation sites is 1. The highest BCUT2D eigenvalue weighted by molar-refractivity contribution is 5.68. The lowest BCUT2D eigenvalue weighted by molar-refractivity contribution is -0.0345. The van der Waals surface area contributed by atoms with Gasteiger partial charge in [0.05, 0.1) is 19.3 Å². The predicted molar refractivity (Wildman–Crippen MR) is 91.7 cm³/mol. The lowest BCUT2D eigenvalue weighted by Crippen LogP contribution is -2.51. The Morgan fingerprint density at radius 3 is 2.74 bits per heavy atom. The molecule has 0 bridgehead atoms. The summed E-state index contributed by atoms with van der Waals surface area (Å²) in [5, 5.41) is 3.46. The Labute approximate surface area is 139 Å². The summed E-state index contributed by atoms with van der Waals surface area (Å²) in [5.74, 6) is 0. The van der Waals surface area contributed by atoms with Gasteiger partial charge in [0, 0.05) is 18.3 Å². The van der Waals surface area contributed by atoms with Crippen molar-refractivity contribution in [3.63, 3.8) is 0 Å². The number of morpholine rings is 1.